The smallest absolute Gasteiger partial charge is 0.227 e. The van der Waals surface area contributed by atoms with Crippen molar-refractivity contribution in [2.24, 2.45) is 0 Å². The molecule has 4 nitrogen and oxygen atoms in total. The van der Waals surface area contributed by atoms with Crippen molar-refractivity contribution in [3.05, 3.63) is 29.3 Å². The largest absolute Gasteiger partial charge is 0.316 e. The Morgan fingerprint density at radius 3 is 2.91 bits per heavy atom. The van der Waals surface area contributed by atoms with E-state index in [1.165, 1.54) is 30.5 Å². The fourth-order valence-electron chi connectivity index (χ4n) is 3.50. The van der Waals surface area contributed by atoms with E-state index in [9.17, 15) is 4.79 Å². The van der Waals surface area contributed by atoms with E-state index in [1.807, 2.05) is 7.05 Å². The summed E-state index contributed by atoms with van der Waals surface area (Å²) in [5.41, 5.74) is 3.77. The SMILES string of the molecule is CNC1CCCN(Cc2ccc3c(c2)CCC(=O)N3C)C1.Cl. The molecule has 3 rings (SSSR count). The van der Waals surface area contributed by atoms with Gasteiger partial charge in [-0.2, -0.15) is 0 Å². The molecule has 0 aliphatic carbocycles. The number of piperidine rings is 1. The van der Waals surface area contributed by atoms with Gasteiger partial charge in [-0.15, -0.1) is 12.4 Å². The molecular formula is C17H26ClN3O. The number of aryl methyl sites for hydroxylation is 1. The molecule has 2 heterocycles. The van der Waals surface area contributed by atoms with Crippen LogP contribution in [0.25, 0.3) is 0 Å². The van der Waals surface area contributed by atoms with Crippen molar-refractivity contribution in [3.63, 3.8) is 0 Å². The summed E-state index contributed by atoms with van der Waals surface area (Å²) in [6.07, 6.45) is 4.07. The first kappa shape index (κ1) is 17.3. The standard InChI is InChI=1S/C17H25N3O.ClH/c1-18-15-4-3-9-20(12-15)11-13-5-7-16-14(10-13)6-8-17(21)19(16)2;/h5,7,10,15,18H,3-4,6,8-9,11-12H2,1-2H3;1H. The van der Waals surface area contributed by atoms with E-state index in [-0.39, 0.29) is 18.3 Å². The first-order chi connectivity index (χ1) is 10.2. The van der Waals surface area contributed by atoms with Crippen LogP contribution in [0.15, 0.2) is 18.2 Å². The van der Waals surface area contributed by atoms with Crippen LogP contribution in [-0.4, -0.2) is 44.0 Å². The molecule has 1 unspecified atom stereocenters. The molecule has 2 aliphatic rings. The van der Waals surface area contributed by atoms with Crippen LogP contribution >= 0.6 is 12.4 Å². The van der Waals surface area contributed by atoms with Gasteiger partial charge in [-0.05, 0) is 50.0 Å². The molecule has 0 aromatic heterocycles. The predicted octanol–water partition coefficient (Wildman–Crippen LogP) is 2.20. The highest BCUT2D eigenvalue weighted by atomic mass is 35.5. The Bertz CT molecular complexity index is 535. The van der Waals surface area contributed by atoms with Crippen molar-refractivity contribution < 1.29 is 4.79 Å². The van der Waals surface area contributed by atoms with Crippen LogP contribution in [0.4, 0.5) is 5.69 Å². The fourth-order valence-corrected chi connectivity index (χ4v) is 3.50. The van der Waals surface area contributed by atoms with Crippen molar-refractivity contribution in [3.8, 4) is 0 Å². The van der Waals surface area contributed by atoms with Gasteiger partial charge in [0.2, 0.25) is 5.91 Å². The summed E-state index contributed by atoms with van der Waals surface area (Å²) in [6.45, 7) is 3.34. The van der Waals surface area contributed by atoms with Crippen LogP contribution in [0, 0.1) is 0 Å². The molecule has 0 spiro atoms. The molecule has 0 saturated carbocycles. The minimum atomic E-state index is 0. The molecule has 1 aromatic rings. The molecule has 1 aromatic carbocycles. The lowest BCUT2D eigenvalue weighted by atomic mass is 9.98. The van der Waals surface area contributed by atoms with Gasteiger partial charge >= 0.3 is 0 Å². The molecule has 1 fully saturated rings. The number of halogens is 1. The van der Waals surface area contributed by atoms with Crippen molar-refractivity contribution in [2.45, 2.75) is 38.3 Å². The quantitative estimate of drug-likeness (QED) is 0.926. The monoisotopic (exact) mass is 323 g/mol. The summed E-state index contributed by atoms with van der Waals surface area (Å²) >= 11 is 0. The number of nitrogens with zero attached hydrogens (tertiary/aromatic N) is 2. The second-order valence-electron chi connectivity index (χ2n) is 6.28. The minimum Gasteiger partial charge on any atom is -0.316 e. The van der Waals surface area contributed by atoms with Gasteiger partial charge in [0.1, 0.15) is 0 Å². The van der Waals surface area contributed by atoms with Crippen LogP contribution in [0.5, 0.6) is 0 Å². The Labute approximate surface area is 139 Å². The van der Waals surface area contributed by atoms with Gasteiger partial charge in [0, 0.05) is 38.3 Å². The van der Waals surface area contributed by atoms with Crippen molar-refractivity contribution >= 4 is 24.0 Å². The number of carbonyl (C=O) groups is 1. The number of amides is 1. The van der Waals surface area contributed by atoms with Gasteiger partial charge in [0.15, 0.2) is 0 Å². The van der Waals surface area contributed by atoms with E-state index < -0.39 is 0 Å². The highest BCUT2D eigenvalue weighted by Crippen LogP contribution is 2.28. The highest BCUT2D eigenvalue weighted by Gasteiger charge is 2.22. The van der Waals surface area contributed by atoms with Crippen LogP contribution < -0.4 is 10.2 Å². The Morgan fingerprint density at radius 1 is 1.32 bits per heavy atom. The van der Waals surface area contributed by atoms with Gasteiger partial charge < -0.3 is 10.2 Å². The van der Waals surface area contributed by atoms with Crippen LogP contribution in [-0.2, 0) is 17.8 Å². The number of hydrogen-bond donors (Lipinski definition) is 1. The zero-order chi connectivity index (χ0) is 14.8. The Morgan fingerprint density at radius 2 is 2.14 bits per heavy atom. The van der Waals surface area contributed by atoms with Gasteiger partial charge in [0.25, 0.3) is 0 Å². The number of benzene rings is 1. The minimum absolute atomic E-state index is 0. The summed E-state index contributed by atoms with van der Waals surface area (Å²) in [7, 11) is 3.93. The number of likely N-dealkylation sites (N-methyl/N-ethyl adjacent to an activating group) is 1. The topological polar surface area (TPSA) is 35.6 Å². The number of fused-ring (bicyclic) bond motifs is 1. The van der Waals surface area contributed by atoms with E-state index in [2.05, 4.69) is 35.5 Å². The highest BCUT2D eigenvalue weighted by molar-refractivity contribution is 5.95. The maximum atomic E-state index is 11.7. The van der Waals surface area contributed by atoms with Gasteiger partial charge in [-0.3, -0.25) is 9.69 Å². The predicted molar refractivity (Wildman–Crippen MR) is 92.8 cm³/mol. The van der Waals surface area contributed by atoms with Gasteiger partial charge in [0.05, 0.1) is 0 Å². The number of carbonyl (C=O) groups excluding carboxylic acids is 1. The average molecular weight is 324 g/mol. The molecule has 122 valence electrons. The van der Waals surface area contributed by atoms with E-state index in [0.717, 1.165) is 25.2 Å². The third-order valence-corrected chi connectivity index (χ3v) is 4.81. The fraction of sp³-hybridized carbons (Fsp3) is 0.588. The maximum absolute atomic E-state index is 11.7. The molecule has 5 heteroatoms. The maximum Gasteiger partial charge on any atom is 0.227 e. The molecule has 0 bridgehead atoms. The molecule has 0 radical (unpaired) electrons. The molecule has 2 aliphatic heterocycles. The Balaban J connectivity index is 0.00000176. The van der Waals surface area contributed by atoms with E-state index in [1.54, 1.807) is 4.90 Å². The molecular weight excluding hydrogens is 298 g/mol. The Hall–Kier alpha value is -1.10. The Kier molecular flexibility index (Phi) is 5.84. The lowest BCUT2D eigenvalue weighted by Gasteiger charge is -2.33. The van der Waals surface area contributed by atoms with E-state index in [0.29, 0.717) is 12.5 Å². The third kappa shape index (κ3) is 3.62. The van der Waals surface area contributed by atoms with Crippen LogP contribution in [0.2, 0.25) is 0 Å². The molecule has 1 saturated heterocycles. The van der Waals surface area contributed by atoms with E-state index in [4.69, 9.17) is 0 Å². The number of hydrogen-bond acceptors (Lipinski definition) is 3. The molecule has 22 heavy (non-hydrogen) atoms. The number of nitrogens with one attached hydrogen (secondary N) is 1. The number of rotatable bonds is 3. The number of anilines is 1. The van der Waals surface area contributed by atoms with Crippen LogP contribution in [0.3, 0.4) is 0 Å². The second-order valence-corrected chi connectivity index (χ2v) is 6.28. The lowest BCUT2D eigenvalue weighted by molar-refractivity contribution is -0.118. The van der Waals surface area contributed by atoms with Gasteiger partial charge in [-0.25, -0.2) is 0 Å². The second kappa shape index (κ2) is 7.44. The lowest BCUT2D eigenvalue weighted by Crippen LogP contribution is -2.43. The average Bonchev–Trinajstić information content (AvgIpc) is 2.51. The molecule has 1 amide bonds. The zero-order valence-electron chi connectivity index (χ0n) is 13.5. The summed E-state index contributed by atoms with van der Waals surface area (Å²) in [5.74, 6) is 0.225. The zero-order valence-corrected chi connectivity index (χ0v) is 14.3. The normalized spacial score (nSPS) is 22.2. The summed E-state index contributed by atoms with van der Waals surface area (Å²) < 4.78 is 0. The van der Waals surface area contributed by atoms with Crippen molar-refractivity contribution in [2.75, 3.05) is 32.1 Å². The molecule has 1 atom stereocenters. The summed E-state index contributed by atoms with van der Waals surface area (Å²) in [4.78, 5) is 16.1. The first-order valence-corrected chi connectivity index (χ1v) is 7.95. The summed E-state index contributed by atoms with van der Waals surface area (Å²) in [5, 5.41) is 3.39. The summed E-state index contributed by atoms with van der Waals surface area (Å²) in [6, 6.07) is 7.21. The van der Waals surface area contributed by atoms with Crippen molar-refractivity contribution in [1.29, 1.82) is 0 Å². The molecule has 1 N–H and O–H groups in total. The van der Waals surface area contributed by atoms with Crippen LogP contribution in [0.1, 0.15) is 30.4 Å². The third-order valence-electron chi connectivity index (χ3n) is 4.81. The van der Waals surface area contributed by atoms with Gasteiger partial charge in [-0.1, -0.05) is 12.1 Å². The first-order valence-electron chi connectivity index (χ1n) is 7.95. The number of likely N-dealkylation sites (tertiary alicyclic amines) is 1. The van der Waals surface area contributed by atoms with Crippen molar-refractivity contribution in [1.82, 2.24) is 10.2 Å². The van der Waals surface area contributed by atoms with E-state index >= 15 is 0 Å².